The summed E-state index contributed by atoms with van der Waals surface area (Å²) in [7, 11) is 0. The van der Waals surface area contributed by atoms with Gasteiger partial charge >= 0.3 is 6.09 Å². The zero-order valence-corrected chi connectivity index (χ0v) is 13.4. The van der Waals surface area contributed by atoms with Crippen molar-refractivity contribution >= 4 is 11.8 Å². The first-order valence-electron chi connectivity index (χ1n) is 7.86. The molecule has 1 saturated heterocycles. The Balaban J connectivity index is 1.58. The highest BCUT2D eigenvalue weighted by molar-refractivity contribution is 5.68. The molecule has 1 aliphatic rings. The van der Waals surface area contributed by atoms with Crippen molar-refractivity contribution in [2.45, 2.75) is 31.6 Å². The number of aliphatic hydroxyl groups excluding tert-OH is 1. The summed E-state index contributed by atoms with van der Waals surface area (Å²) in [5.41, 5.74) is 0.637. The number of amides is 1. The van der Waals surface area contributed by atoms with Crippen molar-refractivity contribution in [3.63, 3.8) is 0 Å². The topological polar surface area (TPSA) is 122 Å². The number of nitro benzene ring substituents is 1. The SMILES string of the molecule is O=C(OCc1ccc([N+](=O)[O-])cc1)N1C[C@H](O)C[C@@H]1Cc1ncc[nH]1. The number of non-ortho nitro benzene ring substituents is 1. The van der Waals surface area contributed by atoms with Crippen molar-refractivity contribution < 1.29 is 19.6 Å². The van der Waals surface area contributed by atoms with E-state index in [2.05, 4.69) is 9.97 Å². The second-order valence-electron chi connectivity index (χ2n) is 5.91. The molecule has 9 nitrogen and oxygen atoms in total. The number of rotatable bonds is 5. The van der Waals surface area contributed by atoms with Crippen LogP contribution in [0, 0.1) is 10.1 Å². The lowest BCUT2D eigenvalue weighted by atomic mass is 10.1. The molecule has 0 aliphatic carbocycles. The Labute approximate surface area is 143 Å². The van der Waals surface area contributed by atoms with E-state index in [1.54, 1.807) is 24.5 Å². The van der Waals surface area contributed by atoms with E-state index in [1.165, 1.54) is 17.0 Å². The number of nitro groups is 1. The Kier molecular flexibility index (Phi) is 4.94. The van der Waals surface area contributed by atoms with Gasteiger partial charge in [0.15, 0.2) is 0 Å². The standard InChI is InChI=1S/C16H18N4O5/c21-14-7-13(8-15-17-5-6-18-15)19(9-14)16(22)25-10-11-1-3-12(4-2-11)20(23)24/h1-6,13-14,21H,7-10H2,(H,17,18)/t13-,14-/m1/s1. The van der Waals surface area contributed by atoms with Gasteiger partial charge in [0.05, 0.1) is 17.6 Å². The Bertz CT molecular complexity index is 731. The van der Waals surface area contributed by atoms with Crippen LogP contribution in [0.2, 0.25) is 0 Å². The molecule has 132 valence electrons. The van der Waals surface area contributed by atoms with E-state index in [0.29, 0.717) is 18.4 Å². The van der Waals surface area contributed by atoms with E-state index in [-0.39, 0.29) is 24.9 Å². The average molecular weight is 346 g/mol. The highest BCUT2D eigenvalue weighted by Crippen LogP contribution is 2.22. The predicted octanol–water partition coefficient (Wildman–Crippen LogP) is 1.63. The maximum absolute atomic E-state index is 12.3. The van der Waals surface area contributed by atoms with Gasteiger partial charge in [-0.05, 0) is 24.1 Å². The van der Waals surface area contributed by atoms with Crippen molar-refractivity contribution in [2.24, 2.45) is 0 Å². The first-order chi connectivity index (χ1) is 12.0. The first kappa shape index (κ1) is 16.9. The normalized spacial score (nSPS) is 19.8. The Morgan fingerprint density at radius 1 is 1.44 bits per heavy atom. The minimum Gasteiger partial charge on any atom is -0.445 e. The quantitative estimate of drug-likeness (QED) is 0.627. The Hall–Kier alpha value is -2.94. The molecule has 2 aromatic rings. The third kappa shape index (κ3) is 4.13. The van der Waals surface area contributed by atoms with Gasteiger partial charge in [-0.15, -0.1) is 0 Å². The number of hydrogen-bond donors (Lipinski definition) is 2. The van der Waals surface area contributed by atoms with Crippen LogP contribution in [0.1, 0.15) is 17.8 Å². The van der Waals surface area contributed by atoms with E-state index < -0.39 is 17.1 Å². The molecular formula is C16H18N4O5. The summed E-state index contributed by atoms with van der Waals surface area (Å²) in [5.74, 6) is 0.743. The van der Waals surface area contributed by atoms with Crippen molar-refractivity contribution in [2.75, 3.05) is 6.54 Å². The van der Waals surface area contributed by atoms with Gasteiger partial charge in [0, 0.05) is 37.0 Å². The summed E-state index contributed by atoms with van der Waals surface area (Å²) in [4.78, 5) is 31.1. The van der Waals surface area contributed by atoms with Gasteiger partial charge in [0.1, 0.15) is 12.4 Å². The number of nitrogens with one attached hydrogen (secondary N) is 1. The zero-order valence-electron chi connectivity index (χ0n) is 13.4. The number of nitrogens with zero attached hydrogens (tertiary/aromatic N) is 3. The minimum absolute atomic E-state index is 0.0108. The summed E-state index contributed by atoms with van der Waals surface area (Å²) in [6, 6.07) is 5.63. The molecule has 3 rings (SSSR count). The minimum atomic E-state index is -0.591. The average Bonchev–Trinajstić information content (AvgIpc) is 3.23. The molecule has 2 atom stereocenters. The summed E-state index contributed by atoms with van der Waals surface area (Å²) in [6.45, 7) is 0.224. The second-order valence-corrected chi connectivity index (χ2v) is 5.91. The van der Waals surface area contributed by atoms with Crippen molar-refractivity contribution in [1.82, 2.24) is 14.9 Å². The van der Waals surface area contributed by atoms with Gasteiger partial charge in [0.2, 0.25) is 0 Å². The van der Waals surface area contributed by atoms with Crippen LogP contribution in [-0.2, 0) is 17.8 Å². The van der Waals surface area contributed by atoms with Gasteiger partial charge in [-0.1, -0.05) is 0 Å². The number of aromatic amines is 1. The van der Waals surface area contributed by atoms with E-state index in [1.807, 2.05) is 0 Å². The van der Waals surface area contributed by atoms with Crippen LogP contribution in [0.4, 0.5) is 10.5 Å². The predicted molar refractivity (Wildman–Crippen MR) is 86.7 cm³/mol. The fourth-order valence-electron chi connectivity index (χ4n) is 2.88. The Morgan fingerprint density at radius 2 is 2.20 bits per heavy atom. The number of hydrogen-bond acceptors (Lipinski definition) is 6. The van der Waals surface area contributed by atoms with Crippen LogP contribution in [0.5, 0.6) is 0 Å². The maximum Gasteiger partial charge on any atom is 0.410 e. The third-order valence-electron chi connectivity index (χ3n) is 4.12. The lowest BCUT2D eigenvalue weighted by Crippen LogP contribution is -2.37. The van der Waals surface area contributed by atoms with Gasteiger partial charge in [-0.3, -0.25) is 10.1 Å². The molecule has 0 saturated carbocycles. The number of ether oxygens (including phenoxy) is 1. The monoisotopic (exact) mass is 346 g/mol. The third-order valence-corrected chi connectivity index (χ3v) is 4.12. The van der Waals surface area contributed by atoms with Crippen LogP contribution in [0.15, 0.2) is 36.7 Å². The highest BCUT2D eigenvalue weighted by atomic mass is 16.6. The van der Waals surface area contributed by atoms with Crippen molar-refractivity contribution in [3.05, 3.63) is 58.2 Å². The Morgan fingerprint density at radius 3 is 2.84 bits per heavy atom. The van der Waals surface area contributed by atoms with Gasteiger partial charge in [-0.25, -0.2) is 9.78 Å². The maximum atomic E-state index is 12.3. The van der Waals surface area contributed by atoms with Crippen LogP contribution >= 0.6 is 0 Å². The number of aromatic nitrogens is 2. The number of aliphatic hydroxyl groups is 1. The molecule has 0 spiro atoms. The molecule has 2 N–H and O–H groups in total. The summed E-state index contributed by atoms with van der Waals surface area (Å²) in [6.07, 6.45) is 3.21. The summed E-state index contributed by atoms with van der Waals surface area (Å²) in [5, 5.41) is 20.5. The fourth-order valence-corrected chi connectivity index (χ4v) is 2.88. The molecule has 25 heavy (non-hydrogen) atoms. The van der Waals surface area contributed by atoms with Crippen LogP contribution in [-0.4, -0.2) is 49.7 Å². The molecule has 2 heterocycles. The summed E-state index contributed by atoms with van der Waals surface area (Å²) < 4.78 is 5.29. The van der Waals surface area contributed by atoms with E-state index >= 15 is 0 Å². The first-order valence-corrected chi connectivity index (χ1v) is 7.86. The van der Waals surface area contributed by atoms with E-state index in [0.717, 1.165) is 5.82 Å². The largest absolute Gasteiger partial charge is 0.445 e. The van der Waals surface area contributed by atoms with E-state index in [9.17, 15) is 20.0 Å². The summed E-state index contributed by atoms with van der Waals surface area (Å²) >= 11 is 0. The second kappa shape index (κ2) is 7.31. The molecule has 0 radical (unpaired) electrons. The molecule has 0 unspecified atom stereocenters. The zero-order chi connectivity index (χ0) is 17.8. The van der Waals surface area contributed by atoms with Crippen molar-refractivity contribution in [3.8, 4) is 0 Å². The van der Waals surface area contributed by atoms with Crippen molar-refractivity contribution in [1.29, 1.82) is 0 Å². The molecule has 1 aromatic carbocycles. The lowest BCUT2D eigenvalue weighted by molar-refractivity contribution is -0.384. The number of β-amino-alcohol motifs (C(OH)–C–C–N with tert-alkyl or cyclic N) is 1. The molecule has 0 bridgehead atoms. The van der Waals surface area contributed by atoms with Gasteiger partial charge in [-0.2, -0.15) is 0 Å². The molecule has 9 heteroatoms. The van der Waals surface area contributed by atoms with Crippen LogP contribution in [0.3, 0.4) is 0 Å². The number of H-pyrrole nitrogens is 1. The molecule has 1 aromatic heterocycles. The van der Waals surface area contributed by atoms with E-state index in [4.69, 9.17) is 4.74 Å². The number of imidazole rings is 1. The number of likely N-dealkylation sites (tertiary alicyclic amines) is 1. The fraction of sp³-hybridized carbons (Fsp3) is 0.375. The number of benzene rings is 1. The number of carbonyl (C=O) groups is 1. The smallest absolute Gasteiger partial charge is 0.410 e. The van der Waals surface area contributed by atoms with Crippen LogP contribution < -0.4 is 0 Å². The lowest BCUT2D eigenvalue weighted by Gasteiger charge is -2.23. The van der Waals surface area contributed by atoms with Gasteiger partial charge in [0.25, 0.3) is 5.69 Å². The molecule has 1 aliphatic heterocycles. The van der Waals surface area contributed by atoms with Crippen LogP contribution in [0.25, 0.3) is 0 Å². The molecule has 1 amide bonds. The highest BCUT2D eigenvalue weighted by Gasteiger charge is 2.35. The molecule has 1 fully saturated rings. The molecular weight excluding hydrogens is 328 g/mol. The van der Waals surface area contributed by atoms with Gasteiger partial charge < -0.3 is 19.7 Å². The number of carbonyl (C=O) groups excluding carboxylic acids is 1.